The first-order valence-electron chi connectivity index (χ1n) is 5.88. The predicted molar refractivity (Wildman–Crippen MR) is 64.7 cm³/mol. The Morgan fingerprint density at radius 1 is 0.938 bits per heavy atom. The molecule has 0 spiro atoms. The Balaban J connectivity index is 3.09. The van der Waals surface area contributed by atoms with Crippen LogP contribution in [0, 0.1) is 0 Å². The fourth-order valence-corrected chi connectivity index (χ4v) is 1.29. The van der Waals surface area contributed by atoms with Crippen LogP contribution in [0.1, 0.15) is 12.8 Å². The number of ether oxygens (including phenoxy) is 2. The first kappa shape index (κ1) is 15.8. The zero-order valence-electron chi connectivity index (χ0n) is 10.5. The van der Waals surface area contributed by atoms with E-state index in [1.807, 2.05) is 0 Å². The summed E-state index contributed by atoms with van der Waals surface area (Å²) in [6, 6.07) is 0. The van der Waals surface area contributed by atoms with Gasteiger partial charge in [-0.3, -0.25) is 0 Å². The van der Waals surface area contributed by atoms with Gasteiger partial charge in [0.15, 0.2) is 0 Å². The van der Waals surface area contributed by atoms with Crippen molar-refractivity contribution in [3.05, 3.63) is 0 Å². The highest BCUT2D eigenvalue weighted by molar-refractivity contribution is 4.62. The van der Waals surface area contributed by atoms with Gasteiger partial charge in [-0.05, 0) is 25.9 Å². The zero-order chi connectivity index (χ0) is 12.1. The molecule has 0 bridgehead atoms. The number of aliphatic hydroxyl groups is 1. The normalized spacial score (nSPS) is 11.2. The highest BCUT2D eigenvalue weighted by atomic mass is 16.5. The molecular formula is C11H26N2O3. The molecule has 0 unspecified atom stereocenters. The van der Waals surface area contributed by atoms with Crippen molar-refractivity contribution < 1.29 is 14.6 Å². The van der Waals surface area contributed by atoms with Crippen molar-refractivity contribution in [2.45, 2.75) is 18.9 Å². The van der Waals surface area contributed by atoms with Crippen molar-refractivity contribution >= 4 is 0 Å². The fraction of sp³-hybridized carbons (Fsp3) is 1.00. The van der Waals surface area contributed by atoms with Crippen molar-refractivity contribution in [2.24, 2.45) is 0 Å². The topological polar surface area (TPSA) is 62.8 Å². The first-order valence-corrected chi connectivity index (χ1v) is 5.88. The van der Waals surface area contributed by atoms with Gasteiger partial charge < -0.3 is 25.2 Å². The Kier molecular flexibility index (Phi) is 12.7. The van der Waals surface area contributed by atoms with Crippen LogP contribution in [0.3, 0.4) is 0 Å². The van der Waals surface area contributed by atoms with E-state index < -0.39 is 0 Å². The fourth-order valence-electron chi connectivity index (χ4n) is 1.29. The molecule has 0 aromatic carbocycles. The molecule has 0 amide bonds. The number of rotatable bonds is 12. The molecular weight excluding hydrogens is 208 g/mol. The van der Waals surface area contributed by atoms with E-state index in [0.717, 1.165) is 39.1 Å². The van der Waals surface area contributed by atoms with E-state index in [2.05, 4.69) is 10.6 Å². The van der Waals surface area contributed by atoms with E-state index in [1.54, 1.807) is 14.2 Å². The Morgan fingerprint density at radius 3 is 1.75 bits per heavy atom. The van der Waals surface area contributed by atoms with Gasteiger partial charge in [0.25, 0.3) is 0 Å². The number of aliphatic hydroxyl groups excluding tert-OH is 1. The molecule has 0 aromatic rings. The van der Waals surface area contributed by atoms with Gasteiger partial charge >= 0.3 is 0 Å². The number of hydrogen-bond acceptors (Lipinski definition) is 5. The highest BCUT2D eigenvalue weighted by Gasteiger charge is 2.01. The smallest absolute Gasteiger partial charge is 0.0788 e. The van der Waals surface area contributed by atoms with Crippen LogP contribution in [-0.4, -0.2) is 64.8 Å². The van der Waals surface area contributed by atoms with Gasteiger partial charge in [-0.25, -0.2) is 0 Å². The van der Waals surface area contributed by atoms with Crippen LogP contribution in [0.25, 0.3) is 0 Å². The third-order valence-corrected chi connectivity index (χ3v) is 2.16. The molecule has 0 rings (SSSR count). The molecule has 0 saturated heterocycles. The average molecular weight is 234 g/mol. The Hall–Kier alpha value is -0.200. The third kappa shape index (κ3) is 11.9. The first-order chi connectivity index (χ1) is 7.81. The summed E-state index contributed by atoms with van der Waals surface area (Å²) in [7, 11) is 3.39. The molecule has 0 aliphatic rings. The summed E-state index contributed by atoms with van der Waals surface area (Å²) < 4.78 is 9.85. The third-order valence-electron chi connectivity index (χ3n) is 2.16. The molecule has 0 aromatic heterocycles. The van der Waals surface area contributed by atoms with Crippen LogP contribution in [0.5, 0.6) is 0 Å². The maximum atomic E-state index is 9.57. The Bertz CT molecular complexity index is 122. The van der Waals surface area contributed by atoms with E-state index in [4.69, 9.17) is 9.47 Å². The van der Waals surface area contributed by atoms with E-state index in [-0.39, 0.29) is 6.10 Å². The average Bonchev–Trinajstić information content (AvgIpc) is 2.28. The van der Waals surface area contributed by atoms with Gasteiger partial charge in [-0.1, -0.05) is 0 Å². The van der Waals surface area contributed by atoms with Gasteiger partial charge in [0.1, 0.15) is 0 Å². The second kappa shape index (κ2) is 12.9. The minimum Gasteiger partial charge on any atom is -0.390 e. The highest BCUT2D eigenvalue weighted by Crippen LogP contribution is 1.82. The van der Waals surface area contributed by atoms with Gasteiger partial charge in [0, 0.05) is 40.5 Å². The molecule has 16 heavy (non-hydrogen) atoms. The standard InChI is InChI=1S/C11H26N2O3/c1-15-7-3-5-12-9-11(14)10-13-6-4-8-16-2/h11-14H,3-10H2,1-2H3. The van der Waals surface area contributed by atoms with Crippen LogP contribution < -0.4 is 10.6 Å². The largest absolute Gasteiger partial charge is 0.390 e. The maximum Gasteiger partial charge on any atom is 0.0788 e. The minimum absolute atomic E-state index is 0.329. The predicted octanol–water partition coefficient (Wildman–Crippen LogP) is -0.400. The number of hydrogen-bond donors (Lipinski definition) is 3. The molecule has 5 nitrogen and oxygen atoms in total. The second-order valence-electron chi connectivity index (χ2n) is 3.75. The second-order valence-corrected chi connectivity index (χ2v) is 3.75. The molecule has 0 saturated carbocycles. The summed E-state index contributed by atoms with van der Waals surface area (Å²) in [5.74, 6) is 0. The molecule has 0 aliphatic heterocycles. The van der Waals surface area contributed by atoms with E-state index in [1.165, 1.54) is 0 Å². The Labute approximate surface area is 98.5 Å². The summed E-state index contributed by atoms with van der Waals surface area (Å²) in [5, 5.41) is 15.9. The molecule has 0 atom stereocenters. The lowest BCUT2D eigenvalue weighted by atomic mass is 10.3. The van der Waals surface area contributed by atoms with E-state index in [0.29, 0.717) is 13.1 Å². The molecule has 0 fully saturated rings. The molecule has 0 radical (unpaired) electrons. The lowest BCUT2D eigenvalue weighted by Crippen LogP contribution is -2.36. The van der Waals surface area contributed by atoms with Gasteiger partial charge in [-0.15, -0.1) is 0 Å². The van der Waals surface area contributed by atoms with Crippen LogP contribution in [0.15, 0.2) is 0 Å². The molecule has 3 N–H and O–H groups in total. The lowest BCUT2D eigenvalue weighted by molar-refractivity contribution is 0.160. The Morgan fingerprint density at radius 2 is 1.38 bits per heavy atom. The summed E-state index contributed by atoms with van der Waals surface area (Å²) in [4.78, 5) is 0. The minimum atomic E-state index is -0.329. The monoisotopic (exact) mass is 234 g/mol. The van der Waals surface area contributed by atoms with Crippen LogP contribution in [0.2, 0.25) is 0 Å². The van der Waals surface area contributed by atoms with E-state index in [9.17, 15) is 5.11 Å². The number of nitrogens with one attached hydrogen (secondary N) is 2. The van der Waals surface area contributed by atoms with Gasteiger partial charge in [-0.2, -0.15) is 0 Å². The van der Waals surface area contributed by atoms with Crippen molar-refractivity contribution in [3.8, 4) is 0 Å². The summed E-state index contributed by atoms with van der Waals surface area (Å²) in [5.41, 5.74) is 0. The van der Waals surface area contributed by atoms with Crippen LogP contribution in [-0.2, 0) is 9.47 Å². The summed E-state index contributed by atoms with van der Waals surface area (Å²) >= 11 is 0. The van der Waals surface area contributed by atoms with Crippen molar-refractivity contribution in [1.29, 1.82) is 0 Å². The maximum absolute atomic E-state index is 9.57. The zero-order valence-corrected chi connectivity index (χ0v) is 10.5. The molecule has 98 valence electrons. The van der Waals surface area contributed by atoms with Gasteiger partial charge in [0.2, 0.25) is 0 Å². The van der Waals surface area contributed by atoms with Crippen LogP contribution >= 0.6 is 0 Å². The lowest BCUT2D eigenvalue weighted by Gasteiger charge is -2.12. The van der Waals surface area contributed by atoms with Crippen molar-refractivity contribution in [1.82, 2.24) is 10.6 Å². The summed E-state index contributed by atoms with van der Waals surface area (Å²) in [6.07, 6.45) is 1.62. The molecule has 0 heterocycles. The van der Waals surface area contributed by atoms with Gasteiger partial charge in [0.05, 0.1) is 6.10 Å². The molecule has 0 aliphatic carbocycles. The van der Waals surface area contributed by atoms with E-state index >= 15 is 0 Å². The SMILES string of the molecule is COCCCNCC(O)CNCCCOC. The summed E-state index contributed by atoms with van der Waals surface area (Å²) in [6.45, 7) is 4.54. The number of methoxy groups -OCH3 is 2. The van der Waals surface area contributed by atoms with Crippen molar-refractivity contribution in [3.63, 3.8) is 0 Å². The van der Waals surface area contributed by atoms with Crippen molar-refractivity contribution in [2.75, 3.05) is 53.6 Å². The molecule has 5 heteroatoms. The quantitative estimate of drug-likeness (QED) is 0.401. The van der Waals surface area contributed by atoms with Crippen LogP contribution in [0.4, 0.5) is 0 Å².